The number of hydrogen-bond donors (Lipinski definition) is 3. The SMILES string of the molecule is CNC(CC(C)C)CC(C)(NC)C(C)NC. The lowest BCUT2D eigenvalue weighted by Gasteiger charge is -2.38. The molecule has 0 amide bonds. The molecule has 98 valence electrons. The lowest BCUT2D eigenvalue weighted by atomic mass is 9.84. The molecule has 0 saturated carbocycles. The van der Waals surface area contributed by atoms with E-state index in [4.69, 9.17) is 0 Å². The second kappa shape index (κ2) is 7.25. The Labute approximate surface area is 102 Å². The highest BCUT2D eigenvalue weighted by Gasteiger charge is 2.31. The smallest absolute Gasteiger partial charge is 0.0315 e. The van der Waals surface area contributed by atoms with Crippen LogP contribution in [0.4, 0.5) is 0 Å². The first kappa shape index (κ1) is 15.9. The largest absolute Gasteiger partial charge is 0.317 e. The molecular formula is C13H31N3. The summed E-state index contributed by atoms with van der Waals surface area (Å²) < 4.78 is 0. The van der Waals surface area contributed by atoms with Gasteiger partial charge in [-0.15, -0.1) is 0 Å². The Hall–Kier alpha value is -0.120. The zero-order chi connectivity index (χ0) is 12.8. The average Bonchev–Trinajstić information content (AvgIpc) is 2.26. The van der Waals surface area contributed by atoms with E-state index in [1.165, 1.54) is 6.42 Å². The van der Waals surface area contributed by atoms with Gasteiger partial charge in [0, 0.05) is 17.6 Å². The van der Waals surface area contributed by atoms with Crippen LogP contribution < -0.4 is 16.0 Å². The molecule has 0 radical (unpaired) electrons. The van der Waals surface area contributed by atoms with Crippen LogP contribution in [-0.2, 0) is 0 Å². The Kier molecular flexibility index (Phi) is 7.20. The summed E-state index contributed by atoms with van der Waals surface area (Å²) in [6, 6.07) is 1.04. The minimum Gasteiger partial charge on any atom is -0.317 e. The first-order chi connectivity index (χ1) is 7.39. The topological polar surface area (TPSA) is 36.1 Å². The maximum absolute atomic E-state index is 3.46. The predicted molar refractivity (Wildman–Crippen MR) is 72.9 cm³/mol. The Morgan fingerprint density at radius 1 is 1.00 bits per heavy atom. The summed E-state index contributed by atoms with van der Waals surface area (Å²) in [4.78, 5) is 0. The lowest BCUT2D eigenvalue weighted by molar-refractivity contribution is 0.234. The van der Waals surface area contributed by atoms with E-state index in [2.05, 4.69) is 57.7 Å². The second-order valence-corrected chi connectivity index (χ2v) is 5.50. The van der Waals surface area contributed by atoms with E-state index >= 15 is 0 Å². The Bertz CT molecular complexity index is 182. The van der Waals surface area contributed by atoms with Gasteiger partial charge in [-0.25, -0.2) is 0 Å². The van der Waals surface area contributed by atoms with Gasteiger partial charge in [-0.3, -0.25) is 0 Å². The van der Waals surface area contributed by atoms with Gasteiger partial charge in [-0.2, -0.15) is 0 Å². The van der Waals surface area contributed by atoms with Gasteiger partial charge >= 0.3 is 0 Å². The molecule has 0 aliphatic carbocycles. The van der Waals surface area contributed by atoms with Gasteiger partial charge in [-0.1, -0.05) is 13.8 Å². The fraction of sp³-hybridized carbons (Fsp3) is 1.00. The van der Waals surface area contributed by atoms with Crippen molar-refractivity contribution >= 4 is 0 Å². The molecule has 0 aromatic rings. The maximum Gasteiger partial charge on any atom is 0.0315 e. The molecule has 0 heterocycles. The quantitative estimate of drug-likeness (QED) is 0.592. The van der Waals surface area contributed by atoms with Crippen LogP contribution >= 0.6 is 0 Å². The van der Waals surface area contributed by atoms with Crippen molar-refractivity contribution < 1.29 is 0 Å². The van der Waals surface area contributed by atoms with Gasteiger partial charge in [0.2, 0.25) is 0 Å². The monoisotopic (exact) mass is 229 g/mol. The van der Waals surface area contributed by atoms with Crippen molar-refractivity contribution in [1.82, 2.24) is 16.0 Å². The van der Waals surface area contributed by atoms with Crippen LogP contribution in [0.3, 0.4) is 0 Å². The summed E-state index contributed by atoms with van der Waals surface area (Å²) in [7, 11) is 6.14. The zero-order valence-electron chi connectivity index (χ0n) is 12.1. The van der Waals surface area contributed by atoms with Gasteiger partial charge in [0.15, 0.2) is 0 Å². The summed E-state index contributed by atoms with van der Waals surface area (Å²) in [5, 5.41) is 10.2. The molecule has 0 spiro atoms. The molecule has 0 fully saturated rings. The van der Waals surface area contributed by atoms with Gasteiger partial charge in [0.1, 0.15) is 0 Å². The molecule has 3 unspecified atom stereocenters. The molecule has 0 aliphatic rings. The van der Waals surface area contributed by atoms with Crippen LogP contribution in [0.15, 0.2) is 0 Å². The van der Waals surface area contributed by atoms with Crippen molar-refractivity contribution in [2.24, 2.45) is 5.92 Å². The maximum atomic E-state index is 3.46. The van der Waals surface area contributed by atoms with Crippen LogP contribution in [0, 0.1) is 5.92 Å². The van der Waals surface area contributed by atoms with Gasteiger partial charge in [0.25, 0.3) is 0 Å². The van der Waals surface area contributed by atoms with Gasteiger partial charge in [-0.05, 0) is 53.8 Å². The predicted octanol–water partition coefficient (Wildman–Crippen LogP) is 1.60. The molecule has 3 N–H and O–H groups in total. The van der Waals surface area contributed by atoms with Crippen LogP contribution in [-0.4, -0.2) is 38.8 Å². The summed E-state index contributed by atoms with van der Waals surface area (Å²) in [6.07, 6.45) is 2.37. The molecule has 3 heteroatoms. The van der Waals surface area contributed by atoms with Crippen molar-refractivity contribution in [3.8, 4) is 0 Å². The molecule has 0 aliphatic heterocycles. The first-order valence-electron chi connectivity index (χ1n) is 6.43. The molecule has 16 heavy (non-hydrogen) atoms. The summed E-state index contributed by atoms with van der Waals surface area (Å²) in [5.74, 6) is 0.739. The fourth-order valence-corrected chi connectivity index (χ4v) is 2.20. The third kappa shape index (κ3) is 4.81. The number of nitrogens with one attached hydrogen (secondary N) is 3. The van der Waals surface area contributed by atoms with E-state index < -0.39 is 0 Å². The van der Waals surface area contributed by atoms with E-state index in [0.717, 1.165) is 12.3 Å². The molecule has 3 atom stereocenters. The van der Waals surface area contributed by atoms with Crippen molar-refractivity contribution in [1.29, 1.82) is 0 Å². The molecule has 0 bridgehead atoms. The highest BCUT2D eigenvalue weighted by atomic mass is 15.0. The standard InChI is InChI=1S/C13H31N3/c1-10(2)8-12(15-6)9-13(4,16-7)11(3)14-5/h10-12,14-16H,8-9H2,1-7H3. The Morgan fingerprint density at radius 2 is 1.56 bits per heavy atom. The summed E-state index contributed by atoms with van der Waals surface area (Å²) in [5.41, 5.74) is 0.136. The number of likely N-dealkylation sites (N-methyl/N-ethyl adjacent to an activating group) is 2. The molecule has 0 aromatic carbocycles. The minimum atomic E-state index is 0.136. The molecular weight excluding hydrogens is 198 g/mol. The highest BCUT2D eigenvalue weighted by Crippen LogP contribution is 2.20. The molecule has 0 aromatic heterocycles. The highest BCUT2D eigenvalue weighted by molar-refractivity contribution is 4.94. The lowest BCUT2D eigenvalue weighted by Crippen LogP contribution is -2.57. The number of rotatable bonds is 8. The molecule has 0 saturated heterocycles. The summed E-state index contributed by atoms with van der Waals surface area (Å²) in [6.45, 7) is 9.09. The van der Waals surface area contributed by atoms with Gasteiger partial charge in [0.05, 0.1) is 0 Å². The van der Waals surface area contributed by atoms with Crippen LogP contribution in [0.5, 0.6) is 0 Å². The van der Waals surface area contributed by atoms with E-state index in [9.17, 15) is 0 Å². The van der Waals surface area contributed by atoms with E-state index in [1.54, 1.807) is 0 Å². The van der Waals surface area contributed by atoms with E-state index in [0.29, 0.717) is 12.1 Å². The normalized spacial score (nSPS) is 19.5. The van der Waals surface area contributed by atoms with Crippen LogP contribution in [0.25, 0.3) is 0 Å². The first-order valence-corrected chi connectivity index (χ1v) is 6.43. The third-order valence-electron chi connectivity index (χ3n) is 3.79. The fourth-order valence-electron chi connectivity index (χ4n) is 2.20. The van der Waals surface area contributed by atoms with Crippen LogP contribution in [0.2, 0.25) is 0 Å². The van der Waals surface area contributed by atoms with Crippen molar-refractivity contribution in [3.63, 3.8) is 0 Å². The van der Waals surface area contributed by atoms with E-state index in [1.807, 2.05) is 7.05 Å². The minimum absolute atomic E-state index is 0.136. The second-order valence-electron chi connectivity index (χ2n) is 5.50. The Balaban J connectivity index is 4.47. The molecule has 3 nitrogen and oxygen atoms in total. The molecule has 0 rings (SSSR count). The van der Waals surface area contributed by atoms with Crippen LogP contribution in [0.1, 0.15) is 40.5 Å². The number of hydrogen-bond acceptors (Lipinski definition) is 3. The van der Waals surface area contributed by atoms with Crippen molar-refractivity contribution in [2.45, 2.75) is 58.2 Å². The zero-order valence-corrected chi connectivity index (χ0v) is 12.1. The average molecular weight is 229 g/mol. The third-order valence-corrected chi connectivity index (χ3v) is 3.79. The van der Waals surface area contributed by atoms with Crippen molar-refractivity contribution in [2.75, 3.05) is 21.1 Å². The Morgan fingerprint density at radius 3 is 1.88 bits per heavy atom. The van der Waals surface area contributed by atoms with Gasteiger partial charge < -0.3 is 16.0 Å². The summed E-state index contributed by atoms with van der Waals surface area (Å²) >= 11 is 0. The van der Waals surface area contributed by atoms with Crippen molar-refractivity contribution in [3.05, 3.63) is 0 Å². The van der Waals surface area contributed by atoms with E-state index in [-0.39, 0.29) is 5.54 Å².